The van der Waals surface area contributed by atoms with Crippen molar-refractivity contribution in [2.24, 2.45) is 0 Å². The number of benzene rings is 2. The van der Waals surface area contributed by atoms with E-state index in [2.05, 4.69) is 70.1 Å². The smallest absolute Gasteiger partial charge is 0.118 e. The molecule has 1 atom stereocenters. The molecule has 0 heterocycles. The zero-order valence-corrected chi connectivity index (χ0v) is 16.4. The lowest BCUT2D eigenvalue weighted by Gasteiger charge is -2.19. The first kappa shape index (κ1) is 17.8. The second kappa shape index (κ2) is 8.89. The van der Waals surface area contributed by atoms with Gasteiger partial charge in [0.05, 0.1) is 19.8 Å². The van der Waals surface area contributed by atoms with Crippen molar-refractivity contribution in [1.82, 2.24) is 0 Å². The standard InChI is InChI=1S/C18H19BrIO2/c1-3-4-18(16-11-14(19)7-10-17(16)20)22-12-13-5-8-15(21-2)9-6-13/h3,5-11,18H,4,12H2,1-2H3. The quantitative estimate of drug-likeness (QED) is 0.463. The van der Waals surface area contributed by atoms with E-state index in [0.717, 1.165) is 22.2 Å². The summed E-state index contributed by atoms with van der Waals surface area (Å²) in [6, 6.07) is 14.3. The summed E-state index contributed by atoms with van der Waals surface area (Å²) in [5.41, 5.74) is 2.37. The summed E-state index contributed by atoms with van der Waals surface area (Å²) in [6.07, 6.45) is 3.11. The van der Waals surface area contributed by atoms with Crippen LogP contribution in [0.2, 0.25) is 0 Å². The van der Waals surface area contributed by atoms with Crippen molar-refractivity contribution >= 4 is 38.5 Å². The highest BCUT2D eigenvalue weighted by molar-refractivity contribution is 14.1. The van der Waals surface area contributed by atoms with Crippen molar-refractivity contribution in [3.05, 3.63) is 68.1 Å². The number of ether oxygens (including phenoxy) is 2. The van der Waals surface area contributed by atoms with Gasteiger partial charge >= 0.3 is 0 Å². The summed E-state index contributed by atoms with van der Waals surface area (Å²) < 4.78 is 13.7. The van der Waals surface area contributed by atoms with E-state index in [1.807, 2.05) is 24.3 Å². The van der Waals surface area contributed by atoms with Crippen LogP contribution in [0.25, 0.3) is 0 Å². The Labute approximate surface area is 154 Å². The van der Waals surface area contributed by atoms with E-state index in [4.69, 9.17) is 9.47 Å². The summed E-state index contributed by atoms with van der Waals surface area (Å²) in [5.74, 6) is 0.865. The van der Waals surface area contributed by atoms with E-state index in [9.17, 15) is 0 Å². The lowest BCUT2D eigenvalue weighted by molar-refractivity contribution is 0.0387. The van der Waals surface area contributed by atoms with E-state index in [0.29, 0.717) is 6.61 Å². The third-order valence-electron chi connectivity index (χ3n) is 3.36. The van der Waals surface area contributed by atoms with E-state index >= 15 is 0 Å². The van der Waals surface area contributed by atoms with E-state index in [1.54, 1.807) is 7.11 Å². The molecule has 0 amide bonds. The van der Waals surface area contributed by atoms with Crippen molar-refractivity contribution in [2.75, 3.05) is 7.11 Å². The summed E-state index contributed by atoms with van der Waals surface area (Å²) in [5, 5.41) is 0. The minimum atomic E-state index is 0.0662. The molecule has 0 saturated carbocycles. The van der Waals surface area contributed by atoms with Gasteiger partial charge < -0.3 is 9.47 Å². The van der Waals surface area contributed by atoms with Gasteiger partial charge in [0, 0.05) is 8.04 Å². The van der Waals surface area contributed by atoms with Crippen LogP contribution in [0.1, 0.15) is 30.6 Å². The lowest BCUT2D eigenvalue weighted by Crippen LogP contribution is -2.07. The second-order valence-corrected chi connectivity index (χ2v) is 7.04. The molecule has 0 saturated heterocycles. The van der Waals surface area contributed by atoms with Gasteiger partial charge in [0.15, 0.2) is 0 Å². The van der Waals surface area contributed by atoms with Crippen LogP contribution in [0.15, 0.2) is 46.9 Å². The summed E-state index contributed by atoms with van der Waals surface area (Å²) in [4.78, 5) is 0. The van der Waals surface area contributed by atoms with Crippen molar-refractivity contribution in [3.8, 4) is 5.75 Å². The number of halogens is 2. The molecule has 2 aromatic rings. The molecule has 0 bridgehead atoms. The zero-order chi connectivity index (χ0) is 15.9. The molecule has 1 unspecified atom stereocenters. The normalized spacial score (nSPS) is 12.2. The van der Waals surface area contributed by atoms with Crippen LogP contribution >= 0.6 is 38.5 Å². The van der Waals surface area contributed by atoms with Crippen LogP contribution < -0.4 is 4.74 Å². The molecule has 2 nitrogen and oxygen atoms in total. The molecule has 0 aliphatic heterocycles. The SMILES string of the molecule is C[CH]CC(OCc1ccc(OC)cc1)c1cc(Br)ccc1I. The Morgan fingerprint density at radius 2 is 1.91 bits per heavy atom. The molecule has 0 fully saturated rings. The number of hydrogen-bond donors (Lipinski definition) is 0. The maximum Gasteiger partial charge on any atom is 0.118 e. The highest BCUT2D eigenvalue weighted by Gasteiger charge is 2.15. The van der Waals surface area contributed by atoms with Crippen molar-refractivity contribution in [3.63, 3.8) is 0 Å². The maximum absolute atomic E-state index is 6.17. The Hall–Kier alpha value is -0.590. The van der Waals surface area contributed by atoms with Gasteiger partial charge in [0.1, 0.15) is 5.75 Å². The molecule has 4 heteroatoms. The first-order chi connectivity index (χ1) is 10.6. The molecule has 0 aliphatic rings. The second-order valence-electron chi connectivity index (χ2n) is 4.96. The van der Waals surface area contributed by atoms with Crippen molar-refractivity contribution < 1.29 is 9.47 Å². The lowest BCUT2D eigenvalue weighted by atomic mass is 10.1. The first-order valence-corrected chi connectivity index (χ1v) is 8.98. The number of hydrogen-bond acceptors (Lipinski definition) is 2. The fourth-order valence-electron chi connectivity index (χ4n) is 2.18. The first-order valence-electron chi connectivity index (χ1n) is 7.11. The Morgan fingerprint density at radius 3 is 2.55 bits per heavy atom. The molecule has 0 N–H and O–H groups in total. The van der Waals surface area contributed by atoms with Crippen LogP contribution in [0.4, 0.5) is 0 Å². The average molecular weight is 474 g/mol. The Morgan fingerprint density at radius 1 is 1.18 bits per heavy atom. The molecule has 22 heavy (non-hydrogen) atoms. The van der Waals surface area contributed by atoms with Crippen molar-refractivity contribution in [1.29, 1.82) is 0 Å². The molecule has 117 valence electrons. The minimum Gasteiger partial charge on any atom is -0.497 e. The predicted octanol–water partition coefficient (Wildman–Crippen LogP) is 5.93. The zero-order valence-electron chi connectivity index (χ0n) is 12.7. The molecule has 2 rings (SSSR count). The van der Waals surface area contributed by atoms with Crippen LogP contribution in [-0.4, -0.2) is 7.11 Å². The summed E-state index contributed by atoms with van der Waals surface area (Å²) in [7, 11) is 1.67. The predicted molar refractivity (Wildman–Crippen MR) is 102 cm³/mol. The molecular weight excluding hydrogens is 455 g/mol. The summed E-state index contributed by atoms with van der Waals surface area (Å²) >= 11 is 5.91. The largest absolute Gasteiger partial charge is 0.497 e. The van der Waals surface area contributed by atoms with E-state index < -0.39 is 0 Å². The molecule has 0 spiro atoms. The summed E-state index contributed by atoms with van der Waals surface area (Å²) in [6.45, 7) is 2.65. The average Bonchev–Trinajstić information content (AvgIpc) is 2.54. The molecule has 0 aliphatic carbocycles. The third-order valence-corrected chi connectivity index (χ3v) is 4.84. The molecule has 2 aromatic carbocycles. The Bertz CT molecular complexity index is 599. The topological polar surface area (TPSA) is 18.5 Å². The maximum atomic E-state index is 6.17. The van der Waals surface area contributed by atoms with Gasteiger partial charge in [0.25, 0.3) is 0 Å². The van der Waals surface area contributed by atoms with Crippen LogP contribution in [0.5, 0.6) is 5.75 Å². The third kappa shape index (κ3) is 4.96. The highest BCUT2D eigenvalue weighted by Crippen LogP contribution is 2.30. The number of methoxy groups -OCH3 is 1. The highest BCUT2D eigenvalue weighted by atomic mass is 127. The molecule has 0 aromatic heterocycles. The fourth-order valence-corrected chi connectivity index (χ4v) is 3.24. The molecular formula is C18H19BrIO2. The van der Waals surface area contributed by atoms with Crippen molar-refractivity contribution in [2.45, 2.75) is 26.1 Å². The van der Waals surface area contributed by atoms with E-state index in [-0.39, 0.29) is 6.10 Å². The van der Waals surface area contributed by atoms with E-state index in [1.165, 1.54) is 9.13 Å². The Kier molecular flexibility index (Phi) is 7.18. The number of rotatable bonds is 7. The van der Waals surface area contributed by atoms with Crippen LogP contribution in [-0.2, 0) is 11.3 Å². The fraction of sp³-hybridized carbons (Fsp3) is 0.278. The minimum absolute atomic E-state index is 0.0662. The van der Waals surface area contributed by atoms with Gasteiger partial charge in [-0.25, -0.2) is 0 Å². The van der Waals surface area contributed by atoms with Gasteiger partial charge in [-0.1, -0.05) is 35.0 Å². The Balaban J connectivity index is 2.09. The van der Waals surface area contributed by atoms with Gasteiger partial charge in [0.2, 0.25) is 0 Å². The van der Waals surface area contributed by atoms with Gasteiger partial charge in [-0.3, -0.25) is 0 Å². The molecule has 1 radical (unpaired) electrons. The van der Waals surface area contributed by atoms with Crippen LogP contribution in [0, 0.1) is 9.99 Å². The van der Waals surface area contributed by atoms with Gasteiger partial charge in [-0.15, -0.1) is 0 Å². The van der Waals surface area contributed by atoms with Gasteiger partial charge in [-0.2, -0.15) is 0 Å². The monoisotopic (exact) mass is 473 g/mol. The van der Waals surface area contributed by atoms with Crippen LogP contribution in [0.3, 0.4) is 0 Å². The van der Waals surface area contributed by atoms with Gasteiger partial charge in [-0.05, 0) is 76.9 Å².